The first-order valence-corrected chi connectivity index (χ1v) is 6.44. The van der Waals surface area contributed by atoms with Gasteiger partial charge in [0, 0.05) is 18.3 Å². The number of carbonyl (C=O) groups excluding carboxylic acids is 1. The largest absolute Gasteiger partial charge is 0.463 e. The van der Waals surface area contributed by atoms with Gasteiger partial charge in [-0.2, -0.15) is 0 Å². The summed E-state index contributed by atoms with van der Waals surface area (Å²) in [7, 11) is 0. The van der Waals surface area contributed by atoms with E-state index < -0.39 is 23.4 Å². The van der Waals surface area contributed by atoms with Crippen LogP contribution in [0.25, 0.3) is 0 Å². The number of hydrogen-bond acceptors (Lipinski definition) is 4. The Bertz CT molecular complexity index is 428. The molecule has 6 heteroatoms. The number of rotatable bonds is 3. The zero-order chi connectivity index (χ0) is 14.5. The van der Waals surface area contributed by atoms with Gasteiger partial charge < -0.3 is 9.57 Å². The topological polar surface area (TPSA) is 47.9 Å². The molecule has 1 heterocycles. The normalized spacial score (nSPS) is 32.5. The molecule has 108 valence electrons. The third-order valence-corrected chi connectivity index (χ3v) is 3.62. The van der Waals surface area contributed by atoms with Crippen LogP contribution in [0.1, 0.15) is 40.5 Å². The van der Waals surface area contributed by atoms with Gasteiger partial charge >= 0.3 is 5.97 Å². The summed E-state index contributed by atoms with van der Waals surface area (Å²) in [5, 5.41) is 3.87. The predicted molar refractivity (Wildman–Crippen MR) is 65.0 cm³/mol. The zero-order valence-electron chi connectivity index (χ0n) is 11.6. The first-order valence-electron chi connectivity index (χ1n) is 6.44. The Morgan fingerprint density at radius 1 is 1.53 bits per heavy atom. The molecule has 1 fully saturated rings. The first-order chi connectivity index (χ1) is 8.63. The second kappa shape index (κ2) is 4.15. The van der Waals surface area contributed by atoms with Crippen molar-refractivity contribution in [2.45, 2.75) is 52.1 Å². The molecule has 0 aromatic heterocycles. The lowest BCUT2D eigenvalue weighted by Gasteiger charge is -2.25. The highest BCUT2D eigenvalue weighted by atomic mass is 19.3. The van der Waals surface area contributed by atoms with E-state index in [4.69, 9.17) is 9.57 Å². The van der Waals surface area contributed by atoms with Crippen molar-refractivity contribution in [3.05, 3.63) is 0 Å². The minimum Gasteiger partial charge on any atom is -0.463 e. The molecule has 0 radical (unpaired) electrons. The third kappa shape index (κ3) is 2.32. The molecule has 0 aromatic rings. The fraction of sp³-hybridized carbons (Fsp3) is 0.846. The Morgan fingerprint density at radius 3 is 2.47 bits per heavy atom. The summed E-state index contributed by atoms with van der Waals surface area (Å²) < 4.78 is 31.7. The van der Waals surface area contributed by atoms with E-state index in [1.54, 1.807) is 6.92 Å². The number of ether oxygens (including phenoxy) is 1. The summed E-state index contributed by atoms with van der Waals surface area (Å²) in [6.45, 7) is 7.48. The Hall–Kier alpha value is -1.20. The van der Waals surface area contributed by atoms with E-state index in [0.717, 1.165) is 0 Å². The van der Waals surface area contributed by atoms with Crippen molar-refractivity contribution in [3.8, 4) is 0 Å². The molecule has 1 saturated carbocycles. The van der Waals surface area contributed by atoms with Gasteiger partial charge in [0.05, 0.1) is 18.2 Å². The highest BCUT2D eigenvalue weighted by molar-refractivity contribution is 5.97. The van der Waals surface area contributed by atoms with E-state index in [-0.39, 0.29) is 24.9 Å². The molecule has 0 amide bonds. The molecule has 2 unspecified atom stereocenters. The van der Waals surface area contributed by atoms with Gasteiger partial charge in [-0.3, -0.25) is 0 Å². The van der Waals surface area contributed by atoms with Crippen molar-refractivity contribution in [1.29, 1.82) is 0 Å². The van der Waals surface area contributed by atoms with Crippen LogP contribution in [0.15, 0.2) is 5.16 Å². The summed E-state index contributed by atoms with van der Waals surface area (Å²) in [5.41, 5.74) is -1.34. The maximum atomic E-state index is 13.4. The second-order valence-corrected chi connectivity index (χ2v) is 6.18. The Morgan fingerprint density at radius 2 is 2.11 bits per heavy atom. The van der Waals surface area contributed by atoms with Crippen molar-refractivity contribution in [1.82, 2.24) is 0 Å². The molecule has 4 nitrogen and oxygen atoms in total. The van der Waals surface area contributed by atoms with Gasteiger partial charge in [0.15, 0.2) is 0 Å². The molecule has 0 spiro atoms. The lowest BCUT2D eigenvalue weighted by atomic mass is 9.81. The van der Waals surface area contributed by atoms with Crippen LogP contribution in [-0.2, 0) is 14.4 Å². The highest BCUT2D eigenvalue weighted by Gasteiger charge is 2.73. The summed E-state index contributed by atoms with van der Waals surface area (Å²) in [4.78, 5) is 17.2. The molecule has 1 aliphatic heterocycles. The number of esters is 1. The van der Waals surface area contributed by atoms with Crippen LogP contribution in [0, 0.1) is 11.3 Å². The fourth-order valence-electron chi connectivity index (χ4n) is 2.26. The minimum absolute atomic E-state index is 0.0790. The van der Waals surface area contributed by atoms with E-state index in [9.17, 15) is 13.6 Å². The fourth-order valence-corrected chi connectivity index (χ4v) is 2.26. The van der Waals surface area contributed by atoms with Crippen LogP contribution in [0.2, 0.25) is 0 Å². The van der Waals surface area contributed by atoms with Crippen molar-refractivity contribution in [2.24, 2.45) is 16.5 Å². The smallest absolute Gasteiger partial charge is 0.354 e. The molecule has 2 rings (SSSR count). The lowest BCUT2D eigenvalue weighted by molar-refractivity contribution is -0.175. The van der Waals surface area contributed by atoms with Crippen LogP contribution >= 0.6 is 0 Å². The SMILES string of the molecule is CCOC(=O)C1(C2CC2(F)F)CC(C(C)(C)C)=NO1. The van der Waals surface area contributed by atoms with Crippen molar-refractivity contribution < 1.29 is 23.1 Å². The summed E-state index contributed by atoms with van der Waals surface area (Å²) >= 11 is 0. The number of oxime groups is 1. The Balaban J connectivity index is 2.23. The van der Waals surface area contributed by atoms with E-state index in [1.165, 1.54) is 0 Å². The quantitative estimate of drug-likeness (QED) is 0.744. The van der Waals surface area contributed by atoms with E-state index >= 15 is 0 Å². The molecule has 0 saturated heterocycles. The average Bonchev–Trinajstić information content (AvgIpc) is 2.76. The highest BCUT2D eigenvalue weighted by Crippen LogP contribution is 2.59. The second-order valence-electron chi connectivity index (χ2n) is 6.18. The van der Waals surface area contributed by atoms with Gasteiger partial charge in [0.25, 0.3) is 5.92 Å². The summed E-state index contributed by atoms with van der Waals surface area (Å²) in [6.07, 6.45) is -0.269. The molecule has 0 N–H and O–H groups in total. The van der Waals surface area contributed by atoms with Crippen molar-refractivity contribution in [2.75, 3.05) is 6.61 Å². The molecular formula is C13H19F2NO3. The number of halogens is 2. The van der Waals surface area contributed by atoms with Gasteiger partial charge in [-0.25, -0.2) is 13.6 Å². The molecule has 19 heavy (non-hydrogen) atoms. The number of nitrogens with zero attached hydrogens (tertiary/aromatic N) is 1. The van der Waals surface area contributed by atoms with E-state index in [1.807, 2.05) is 20.8 Å². The number of alkyl halides is 2. The van der Waals surface area contributed by atoms with Crippen LogP contribution in [-0.4, -0.2) is 29.8 Å². The van der Waals surface area contributed by atoms with Crippen LogP contribution in [0.3, 0.4) is 0 Å². The van der Waals surface area contributed by atoms with Gasteiger partial charge in [-0.15, -0.1) is 0 Å². The van der Waals surface area contributed by atoms with Gasteiger partial charge in [-0.1, -0.05) is 25.9 Å². The molecular weight excluding hydrogens is 256 g/mol. The van der Waals surface area contributed by atoms with Gasteiger partial charge in [0.1, 0.15) is 0 Å². The molecule has 1 aliphatic carbocycles. The van der Waals surface area contributed by atoms with Gasteiger partial charge in [0.2, 0.25) is 5.60 Å². The predicted octanol–water partition coefficient (Wildman–Crippen LogP) is 2.77. The van der Waals surface area contributed by atoms with Gasteiger partial charge in [-0.05, 0) is 6.92 Å². The average molecular weight is 275 g/mol. The first kappa shape index (κ1) is 14.2. The standard InChI is InChI=1S/C13H19F2NO3/c1-5-18-10(17)12(8-6-13(8,14)15)7-9(16-19-12)11(2,3)4/h8H,5-7H2,1-4H3. The monoisotopic (exact) mass is 275 g/mol. The third-order valence-electron chi connectivity index (χ3n) is 3.62. The Labute approximate surface area is 111 Å². The summed E-state index contributed by atoms with van der Waals surface area (Å²) in [5.74, 6) is -4.74. The minimum atomic E-state index is -2.87. The van der Waals surface area contributed by atoms with Crippen LogP contribution < -0.4 is 0 Å². The van der Waals surface area contributed by atoms with E-state index in [0.29, 0.717) is 5.71 Å². The maximum Gasteiger partial charge on any atom is 0.354 e. The molecule has 2 atom stereocenters. The van der Waals surface area contributed by atoms with E-state index in [2.05, 4.69) is 5.16 Å². The summed E-state index contributed by atoms with van der Waals surface area (Å²) in [6, 6.07) is 0. The molecule has 2 aliphatic rings. The molecule has 0 aromatic carbocycles. The number of carbonyl (C=O) groups is 1. The van der Waals surface area contributed by atoms with Crippen molar-refractivity contribution >= 4 is 11.7 Å². The maximum absolute atomic E-state index is 13.4. The Kier molecular flexibility index (Phi) is 3.10. The van der Waals surface area contributed by atoms with Crippen molar-refractivity contribution in [3.63, 3.8) is 0 Å². The molecule has 0 bridgehead atoms. The van der Waals surface area contributed by atoms with Crippen LogP contribution in [0.5, 0.6) is 0 Å². The zero-order valence-corrected chi connectivity index (χ0v) is 11.6. The lowest BCUT2D eigenvalue weighted by Crippen LogP contribution is -2.45. The van der Waals surface area contributed by atoms with Crippen LogP contribution in [0.4, 0.5) is 8.78 Å². The number of hydrogen-bond donors (Lipinski definition) is 0.